The summed E-state index contributed by atoms with van der Waals surface area (Å²) in [5, 5.41) is 13.8. The van der Waals surface area contributed by atoms with Crippen LogP contribution in [0.5, 0.6) is 0 Å². The molecule has 0 spiro atoms. The highest BCUT2D eigenvalue weighted by molar-refractivity contribution is 5.98. The van der Waals surface area contributed by atoms with E-state index >= 15 is 0 Å². The summed E-state index contributed by atoms with van der Waals surface area (Å²) in [4.78, 5) is 4.06. The minimum Gasteiger partial charge on any atom is -0.397 e. The highest BCUT2D eigenvalue weighted by Crippen LogP contribution is 2.27. The largest absolute Gasteiger partial charge is 0.397 e. The summed E-state index contributed by atoms with van der Waals surface area (Å²) in [6.07, 6.45) is 3.52. The fourth-order valence-corrected chi connectivity index (χ4v) is 1.77. The Bertz CT molecular complexity index is 517. The molecule has 0 saturated heterocycles. The lowest BCUT2D eigenvalue weighted by molar-refractivity contribution is 0.0992. The number of rotatable bonds is 6. The Morgan fingerprint density at radius 3 is 3.00 bits per heavy atom. The molecule has 1 heterocycles. The second-order valence-corrected chi connectivity index (χ2v) is 3.89. The maximum atomic E-state index is 8.57. The van der Waals surface area contributed by atoms with Crippen LogP contribution in [0.25, 0.3) is 10.8 Å². The number of aliphatic hydroxyl groups is 1. The number of hydrogen-bond acceptors (Lipinski definition) is 5. The summed E-state index contributed by atoms with van der Waals surface area (Å²) in [7, 11) is 0. The van der Waals surface area contributed by atoms with Crippen LogP contribution < -0.4 is 11.1 Å². The molecule has 0 radical (unpaired) electrons. The third-order valence-corrected chi connectivity index (χ3v) is 2.66. The first-order chi connectivity index (χ1) is 8.83. The Labute approximate surface area is 106 Å². The van der Waals surface area contributed by atoms with Gasteiger partial charge in [0.05, 0.1) is 31.2 Å². The van der Waals surface area contributed by atoms with Gasteiger partial charge in [-0.15, -0.1) is 0 Å². The molecular weight excluding hydrogens is 230 g/mol. The zero-order chi connectivity index (χ0) is 12.8. The van der Waals surface area contributed by atoms with Crippen molar-refractivity contribution in [2.24, 2.45) is 0 Å². The molecule has 0 unspecified atom stereocenters. The molecule has 1 aromatic carbocycles. The van der Waals surface area contributed by atoms with Gasteiger partial charge in [0.15, 0.2) is 0 Å². The van der Waals surface area contributed by atoms with Crippen LogP contribution in [-0.2, 0) is 4.74 Å². The first-order valence-electron chi connectivity index (χ1n) is 5.87. The second kappa shape index (κ2) is 6.18. The minimum atomic E-state index is 0.0467. The van der Waals surface area contributed by atoms with Gasteiger partial charge in [0.25, 0.3) is 0 Å². The van der Waals surface area contributed by atoms with Crippen LogP contribution in [0.1, 0.15) is 0 Å². The molecule has 0 aliphatic heterocycles. The zero-order valence-electron chi connectivity index (χ0n) is 10.1. The zero-order valence-corrected chi connectivity index (χ0v) is 10.1. The van der Waals surface area contributed by atoms with Gasteiger partial charge in [-0.1, -0.05) is 6.07 Å². The summed E-state index contributed by atoms with van der Waals surface area (Å²) >= 11 is 0. The Balaban J connectivity index is 2.03. The summed E-state index contributed by atoms with van der Waals surface area (Å²) in [6, 6.07) is 5.82. The number of pyridine rings is 1. The van der Waals surface area contributed by atoms with Crippen LogP contribution in [0.15, 0.2) is 30.6 Å². The van der Waals surface area contributed by atoms with E-state index in [1.54, 1.807) is 12.4 Å². The Morgan fingerprint density at radius 2 is 2.17 bits per heavy atom. The molecule has 5 nitrogen and oxygen atoms in total. The average molecular weight is 247 g/mol. The van der Waals surface area contributed by atoms with Gasteiger partial charge in [-0.05, 0) is 12.1 Å². The number of aromatic nitrogens is 1. The number of benzene rings is 1. The molecular formula is C13H17N3O2. The molecule has 5 heteroatoms. The second-order valence-electron chi connectivity index (χ2n) is 3.89. The molecule has 2 rings (SSSR count). The van der Waals surface area contributed by atoms with E-state index in [2.05, 4.69) is 10.3 Å². The number of ether oxygens (including phenoxy) is 1. The van der Waals surface area contributed by atoms with E-state index in [0.29, 0.717) is 19.8 Å². The summed E-state index contributed by atoms with van der Waals surface area (Å²) < 4.78 is 5.17. The number of nitrogens with one attached hydrogen (secondary N) is 1. The van der Waals surface area contributed by atoms with Gasteiger partial charge in [0, 0.05) is 29.7 Å². The first-order valence-corrected chi connectivity index (χ1v) is 5.87. The van der Waals surface area contributed by atoms with Crippen molar-refractivity contribution in [3.63, 3.8) is 0 Å². The molecule has 0 bridgehead atoms. The summed E-state index contributed by atoms with van der Waals surface area (Å²) in [5.74, 6) is 0. The lowest BCUT2D eigenvalue weighted by Gasteiger charge is -2.11. The van der Waals surface area contributed by atoms with Gasteiger partial charge in [-0.3, -0.25) is 4.98 Å². The van der Waals surface area contributed by atoms with Gasteiger partial charge in [0.1, 0.15) is 0 Å². The Kier molecular flexibility index (Phi) is 4.33. The fourth-order valence-electron chi connectivity index (χ4n) is 1.77. The smallest absolute Gasteiger partial charge is 0.0698 e. The van der Waals surface area contributed by atoms with Gasteiger partial charge >= 0.3 is 0 Å². The van der Waals surface area contributed by atoms with Crippen LogP contribution in [0, 0.1) is 0 Å². The standard InChI is InChI=1S/C13H17N3O2/c14-13-11-3-4-15-9-10(11)1-2-12(13)16-5-7-18-8-6-17/h1-4,9,16-17H,5-8,14H2. The van der Waals surface area contributed by atoms with Gasteiger partial charge in [-0.25, -0.2) is 0 Å². The van der Waals surface area contributed by atoms with E-state index in [-0.39, 0.29) is 6.61 Å². The van der Waals surface area contributed by atoms with E-state index < -0.39 is 0 Å². The van der Waals surface area contributed by atoms with Crippen molar-refractivity contribution in [1.29, 1.82) is 0 Å². The number of aliphatic hydroxyl groups excluding tert-OH is 1. The van der Waals surface area contributed by atoms with Gasteiger partial charge in [-0.2, -0.15) is 0 Å². The van der Waals surface area contributed by atoms with E-state index in [1.165, 1.54) is 0 Å². The van der Waals surface area contributed by atoms with Crippen LogP contribution in [0.4, 0.5) is 11.4 Å². The quantitative estimate of drug-likeness (QED) is 0.528. The maximum Gasteiger partial charge on any atom is 0.0698 e. The topological polar surface area (TPSA) is 80.4 Å². The third kappa shape index (κ3) is 2.88. The predicted molar refractivity (Wildman–Crippen MR) is 72.5 cm³/mol. The van der Waals surface area contributed by atoms with E-state index in [0.717, 1.165) is 22.1 Å². The highest BCUT2D eigenvalue weighted by atomic mass is 16.5. The third-order valence-electron chi connectivity index (χ3n) is 2.66. The maximum absolute atomic E-state index is 8.57. The van der Waals surface area contributed by atoms with Gasteiger partial charge < -0.3 is 20.9 Å². The molecule has 96 valence electrons. The lowest BCUT2D eigenvalue weighted by Crippen LogP contribution is -2.12. The van der Waals surface area contributed by atoms with Crippen LogP contribution in [-0.4, -0.2) is 36.5 Å². The number of nitrogens with zero attached hydrogens (tertiary/aromatic N) is 1. The first kappa shape index (κ1) is 12.6. The fraction of sp³-hybridized carbons (Fsp3) is 0.308. The van der Waals surface area contributed by atoms with Crippen LogP contribution in [0.3, 0.4) is 0 Å². The van der Waals surface area contributed by atoms with Crippen molar-refractivity contribution < 1.29 is 9.84 Å². The number of nitrogen functional groups attached to an aromatic ring is 1. The molecule has 18 heavy (non-hydrogen) atoms. The number of nitrogens with two attached hydrogens (primary N) is 1. The molecule has 1 aromatic heterocycles. The van der Waals surface area contributed by atoms with Crippen molar-refractivity contribution in [3.05, 3.63) is 30.6 Å². The number of fused-ring (bicyclic) bond motifs is 1. The SMILES string of the molecule is Nc1c(NCCOCCO)ccc2cnccc12. The molecule has 2 aromatic rings. The summed E-state index contributed by atoms with van der Waals surface area (Å²) in [5.41, 5.74) is 7.70. The van der Waals surface area contributed by atoms with Crippen molar-refractivity contribution in [2.75, 3.05) is 37.4 Å². The monoisotopic (exact) mass is 247 g/mol. The number of hydrogen-bond donors (Lipinski definition) is 3. The highest BCUT2D eigenvalue weighted by Gasteiger charge is 2.03. The molecule has 0 amide bonds. The normalized spacial score (nSPS) is 10.7. The molecule has 0 saturated carbocycles. The Hall–Kier alpha value is -1.85. The van der Waals surface area contributed by atoms with Crippen molar-refractivity contribution in [1.82, 2.24) is 4.98 Å². The van der Waals surface area contributed by atoms with Crippen molar-refractivity contribution in [2.45, 2.75) is 0 Å². The lowest BCUT2D eigenvalue weighted by atomic mass is 10.1. The predicted octanol–water partition coefficient (Wildman–Crippen LogP) is 1.24. The molecule has 0 aliphatic rings. The van der Waals surface area contributed by atoms with E-state index in [4.69, 9.17) is 15.6 Å². The van der Waals surface area contributed by atoms with Crippen LogP contribution in [0.2, 0.25) is 0 Å². The van der Waals surface area contributed by atoms with E-state index in [9.17, 15) is 0 Å². The molecule has 0 fully saturated rings. The van der Waals surface area contributed by atoms with Crippen molar-refractivity contribution >= 4 is 22.1 Å². The molecule has 0 aliphatic carbocycles. The van der Waals surface area contributed by atoms with Gasteiger partial charge in [0.2, 0.25) is 0 Å². The van der Waals surface area contributed by atoms with Crippen molar-refractivity contribution in [3.8, 4) is 0 Å². The van der Waals surface area contributed by atoms with E-state index in [1.807, 2.05) is 18.2 Å². The number of anilines is 2. The molecule has 4 N–H and O–H groups in total. The minimum absolute atomic E-state index is 0.0467. The summed E-state index contributed by atoms with van der Waals surface area (Å²) in [6.45, 7) is 1.60. The molecule has 0 atom stereocenters. The Morgan fingerprint density at radius 1 is 1.28 bits per heavy atom. The average Bonchev–Trinajstić information content (AvgIpc) is 2.41. The van der Waals surface area contributed by atoms with Crippen LogP contribution >= 0.6 is 0 Å².